The monoisotopic (exact) mass is 1360 g/mol. The Morgan fingerprint density at radius 2 is 0.516 bits per heavy atom. The first-order valence-corrected chi connectivity index (χ1v) is 29.2. The summed E-state index contributed by atoms with van der Waals surface area (Å²) in [5, 5.41) is 96.5. The van der Waals surface area contributed by atoms with Crippen LogP contribution in [-0.2, 0) is 76.7 Å². The third-order valence-electron chi connectivity index (χ3n) is 13.2. The second-order valence-corrected chi connectivity index (χ2v) is 21.1. The van der Waals surface area contributed by atoms with Crippen molar-refractivity contribution in [3.05, 3.63) is 0 Å². The molecule has 0 aliphatic heterocycles. The van der Waals surface area contributed by atoms with Crippen molar-refractivity contribution in [3.8, 4) is 0 Å². The zero-order valence-corrected chi connectivity index (χ0v) is 51.7. The molecule has 95 heavy (non-hydrogen) atoms. The molecule has 0 aliphatic carbocycles. The van der Waals surface area contributed by atoms with Gasteiger partial charge in [0.2, 0.25) is 53.2 Å². The first-order chi connectivity index (χ1) is 44.3. The van der Waals surface area contributed by atoms with Gasteiger partial charge in [0.25, 0.3) is 0 Å². The van der Waals surface area contributed by atoms with Crippen LogP contribution in [0.1, 0.15) is 122 Å². The molecule has 0 unspecified atom stereocenters. The number of aliphatic hydroxyl groups excluding tert-OH is 1. The molecule has 43 nitrogen and oxygen atoms in total. The Morgan fingerprint density at radius 1 is 0.305 bits per heavy atom. The SMILES string of the molecule is C[C@@H](O)[C@H](NC(=O)[C@H](CCC(=O)O)NC(=O)[C@H](CCC(=O)O)NC(=O)[C@H](CCC(=O)O)NC(=O)[C@H](CCCN=C(N)N)NC(=O)[C@H](CCCN=C(N)N)NC(=O)[C@@H](N)CCCN=C(N)N)C(=O)N[C@@H](CCC(=O)O)C(=O)N[C@@H](CCC(=O)O)C(=O)N[C@@H](CCC(=O)O)C(=O)O. The molecule has 9 amide bonds. The van der Waals surface area contributed by atoms with Crippen LogP contribution in [0.5, 0.6) is 0 Å². The molecule has 0 radical (unpaired) electrons. The molecule has 31 N–H and O–H groups in total. The van der Waals surface area contributed by atoms with Crippen LogP contribution in [0.3, 0.4) is 0 Å². The minimum absolute atomic E-state index is 0.0380. The van der Waals surface area contributed by atoms with E-state index in [9.17, 15) is 112 Å². The lowest BCUT2D eigenvalue weighted by Crippen LogP contribution is -2.62. The number of aliphatic imine (C=N–C) groups is 3. The number of carbonyl (C=O) groups excluding carboxylic acids is 9. The summed E-state index contributed by atoms with van der Waals surface area (Å²) in [6, 6.07) is -18.5. The number of carbonyl (C=O) groups is 16. The van der Waals surface area contributed by atoms with E-state index in [1.165, 1.54) is 0 Å². The minimum atomic E-state index is -2.22. The number of carboxylic acids is 7. The summed E-state index contributed by atoms with van der Waals surface area (Å²) in [7, 11) is 0. The third kappa shape index (κ3) is 38.0. The van der Waals surface area contributed by atoms with Crippen molar-refractivity contribution < 1.29 is 118 Å². The van der Waals surface area contributed by atoms with E-state index < -0.39 is 239 Å². The van der Waals surface area contributed by atoms with E-state index in [0.717, 1.165) is 6.92 Å². The van der Waals surface area contributed by atoms with Gasteiger partial charge in [-0.15, -0.1) is 0 Å². The predicted octanol–water partition coefficient (Wildman–Crippen LogP) is -9.51. The Morgan fingerprint density at radius 3 is 0.758 bits per heavy atom. The van der Waals surface area contributed by atoms with Crippen LogP contribution in [0.25, 0.3) is 0 Å². The molecule has 0 saturated carbocycles. The van der Waals surface area contributed by atoms with E-state index in [2.05, 4.69) is 46.9 Å². The normalized spacial score (nSPS) is 14.2. The molecular formula is C52H87N19O24. The Hall–Kier alpha value is -10.8. The zero-order valence-electron chi connectivity index (χ0n) is 51.7. The number of aliphatic carboxylic acids is 7. The molecule has 0 fully saturated rings. The van der Waals surface area contributed by atoms with Gasteiger partial charge in [0.15, 0.2) is 17.9 Å². The highest BCUT2D eigenvalue weighted by atomic mass is 16.4. The topological polar surface area (TPSA) is 762 Å². The zero-order chi connectivity index (χ0) is 72.7. The van der Waals surface area contributed by atoms with Gasteiger partial charge >= 0.3 is 41.8 Å². The highest BCUT2D eigenvalue weighted by molar-refractivity contribution is 5.99. The molecule has 534 valence electrons. The molecule has 0 aromatic carbocycles. The van der Waals surface area contributed by atoms with Gasteiger partial charge in [-0.05, 0) is 84.0 Å². The second-order valence-electron chi connectivity index (χ2n) is 21.1. The summed E-state index contributed by atoms with van der Waals surface area (Å²) < 4.78 is 0. The number of hydrogen-bond acceptors (Lipinski definition) is 21. The van der Waals surface area contributed by atoms with E-state index in [0.29, 0.717) is 0 Å². The summed E-state index contributed by atoms with van der Waals surface area (Å²) >= 11 is 0. The second kappa shape index (κ2) is 44.7. The molecule has 0 spiro atoms. The Labute approximate surface area is 540 Å². The molecule has 0 saturated heterocycles. The van der Waals surface area contributed by atoms with Crippen molar-refractivity contribution in [2.45, 2.75) is 189 Å². The molecular weight excluding hydrogens is 1270 g/mol. The van der Waals surface area contributed by atoms with Gasteiger partial charge < -0.3 is 129 Å². The number of nitrogens with one attached hydrogen (secondary N) is 9. The fraction of sp³-hybridized carbons (Fsp3) is 0.635. The third-order valence-corrected chi connectivity index (χ3v) is 13.2. The van der Waals surface area contributed by atoms with Gasteiger partial charge in [0.05, 0.1) is 12.1 Å². The maximum Gasteiger partial charge on any atom is 0.326 e. The van der Waals surface area contributed by atoms with Crippen LogP contribution in [0, 0.1) is 0 Å². The summed E-state index contributed by atoms with van der Waals surface area (Å²) in [5.41, 5.74) is 38.5. The van der Waals surface area contributed by atoms with Crippen molar-refractivity contribution in [1.29, 1.82) is 0 Å². The van der Waals surface area contributed by atoms with Gasteiger partial charge in [-0.2, -0.15) is 0 Å². The number of nitrogens with two attached hydrogens (primary N) is 7. The molecule has 43 heteroatoms. The first-order valence-electron chi connectivity index (χ1n) is 29.2. The van der Waals surface area contributed by atoms with Crippen molar-refractivity contribution in [2.75, 3.05) is 19.6 Å². The first kappa shape index (κ1) is 84.2. The number of aliphatic hydroxyl groups is 1. The van der Waals surface area contributed by atoms with E-state index >= 15 is 0 Å². The van der Waals surface area contributed by atoms with Crippen molar-refractivity contribution in [2.24, 2.45) is 55.1 Å². The standard InChI is InChI=1S/C52H87N19O24/c1-23(72)39(48(93)69-30(11-17-36(79)80)45(90)67-29(10-16-35(77)78)46(91)70-32(49(94)95)13-19-38(83)84)71-47(92)31(12-18-37(81)82)68-44(89)28(9-15-34(75)76)66-43(88)27(8-14-33(73)74)65-42(87)26(7-4-22-62-52(58)59)64-41(86)25(6-3-21-61-51(56)57)63-40(85)24(53)5-2-20-60-50(54)55/h23-32,39,72H,2-22,53H2,1H3,(H,63,85)(H,64,86)(H,65,87)(H,66,88)(H,67,90)(H,68,89)(H,69,93)(H,70,91)(H,71,92)(H,73,74)(H,75,76)(H,77,78)(H,79,80)(H,81,82)(H,83,84)(H,94,95)(H4,54,55,60)(H4,56,57,61)(H4,58,59,62)/t23-,24+,25+,26+,27+,28+,29+,30+,31+,32+,39+/m1/s1. The number of carboxylic acid groups (broad SMARTS) is 7. The van der Waals surface area contributed by atoms with E-state index in [1.54, 1.807) is 0 Å². The molecule has 0 heterocycles. The molecule has 0 aromatic heterocycles. The largest absolute Gasteiger partial charge is 0.481 e. The van der Waals surface area contributed by atoms with Crippen LogP contribution < -0.4 is 88.0 Å². The molecule has 0 aromatic rings. The van der Waals surface area contributed by atoms with Crippen molar-refractivity contribution in [1.82, 2.24) is 47.9 Å². The molecule has 11 atom stereocenters. The van der Waals surface area contributed by atoms with Gasteiger partial charge in [-0.1, -0.05) is 0 Å². The lowest BCUT2D eigenvalue weighted by Gasteiger charge is -2.29. The quantitative estimate of drug-likeness (QED) is 0.0153. The summed E-state index contributed by atoms with van der Waals surface area (Å²) in [4.78, 5) is 218. The summed E-state index contributed by atoms with van der Waals surface area (Å²) in [6.07, 6.45) is -12.3. The number of amides is 9. The lowest BCUT2D eigenvalue weighted by atomic mass is 10.0. The van der Waals surface area contributed by atoms with Crippen molar-refractivity contribution >= 4 is 113 Å². The van der Waals surface area contributed by atoms with E-state index in [1.807, 2.05) is 16.0 Å². The van der Waals surface area contributed by atoms with E-state index in [4.69, 9.17) is 45.2 Å². The van der Waals surface area contributed by atoms with Gasteiger partial charge in [0, 0.05) is 58.2 Å². The van der Waals surface area contributed by atoms with Crippen LogP contribution in [-0.4, -0.2) is 240 Å². The van der Waals surface area contributed by atoms with Gasteiger partial charge in [0.1, 0.15) is 54.4 Å². The number of guanidine groups is 3. The number of nitrogens with zero attached hydrogens (tertiary/aromatic N) is 3. The lowest BCUT2D eigenvalue weighted by molar-refractivity contribution is -0.144. The fourth-order valence-electron chi connectivity index (χ4n) is 8.24. The summed E-state index contributed by atoms with van der Waals surface area (Å²) in [6.45, 7) is 0.812. The van der Waals surface area contributed by atoms with Crippen LogP contribution in [0.15, 0.2) is 15.0 Å². The van der Waals surface area contributed by atoms with Gasteiger partial charge in [-0.25, -0.2) is 4.79 Å². The molecule has 0 bridgehead atoms. The highest BCUT2D eigenvalue weighted by Gasteiger charge is 2.37. The predicted molar refractivity (Wildman–Crippen MR) is 326 cm³/mol. The smallest absolute Gasteiger partial charge is 0.326 e. The molecule has 0 aliphatic rings. The minimum Gasteiger partial charge on any atom is -0.481 e. The number of hydrogen-bond donors (Lipinski definition) is 24. The maximum absolute atomic E-state index is 14.2. The number of rotatable bonds is 50. The van der Waals surface area contributed by atoms with Crippen molar-refractivity contribution in [3.63, 3.8) is 0 Å². The van der Waals surface area contributed by atoms with Gasteiger partial charge in [-0.3, -0.25) is 86.9 Å². The Bertz CT molecular complexity index is 2790. The highest BCUT2D eigenvalue weighted by Crippen LogP contribution is 2.12. The van der Waals surface area contributed by atoms with Crippen LogP contribution in [0.2, 0.25) is 0 Å². The molecule has 0 rings (SSSR count). The maximum atomic E-state index is 14.2. The average Bonchev–Trinajstić information content (AvgIpc) is 0.895. The Kier molecular flexibility index (Phi) is 39.6. The Balaban J connectivity index is 7.25. The van der Waals surface area contributed by atoms with Crippen LogP contribution >= 0.6 is 0 Å². The fourth-order valence-corrected chi connectivity index (χ4v) is 8.24. The average molecular weight is 1360 g/mol. The summed E-state index contributed by atoms with van der Waals surface area (Å²) in [5.74, 6) is -23.5. The van der Waals surface area contributed by atoms with E-state index in [-0.39, 0.29) is 76.0 Å². The van der Waals surface area contributed by atoms with Crippen LogP contribution in [0.4, 0.5) is 0 Å².